The van der Waals surface area contributed by atoms with Crippen molar-refractivity contribution in [2.45, 2.75) is 56.8 Å². The van der Waals surface area contributed by atoms with Crippen LogP contribution in [0.1, 0.15) is 68.0 Å². The van der Waals surface area contributed by atoms with Gasteiger partial charge in [-0.15, -0.1) is 0 Å². The molecule has 1 aromatic heterocycles. The predicted octanol–water partition coefficient (Wildman–Crippen LogP) is 5.49. The fourth-order valence-corrected chi connectivity index (χ4v) is 4.86. The number of aliphatic imine (C=N–C) groups is 1. The number of aromatic nitrogens is 1. The SMILES string of the molecule is C(=Nc1c2c(nc3ccccc13)C1CCC2C1)C1CCCC1. The summed E-state index contributed by atoms with van der Waals surface area (Å²) in [5.41, 5.74) is 5.24. The van der Waals surface area contributed by atoms with E-state index in [2.05, 4.69) is 30.5 Å². The summed E-state index contributed by atoms with van der Waals surface area (Å²) < 4.78 is 0. The Morgan fingerprint density at radius 2 is 1.82 bits per heavy atom. The summed E-state index contributed by atoms with van der Waals surface area (Å²) in [6.07, 6.45) is 11.6. The summed E-state index contributed by atoms with van der Waals surface area (Å²) >= 11 is 0. The van der Waals surface area contributed by atoms with E-state index < -0.39 is 0 Å². The lowest BCUT2D eigenvalue weighted by atomic mass is 9.92. The summed E-state index contributed by atoms with van der Waals surface area (Å²) in [7, 11) is 0. The highest BCUT2D eigenvalue weighted by Gasteiger charge is 2.40. The van der Waals surface area contributed by atoms with E-state index in [1.807, 2.05) is 0 Å². The molecule has 2 fully saturated rings. The molecule has 2 unspecified atom stereocenters. The maximum atomic E-state index is 5.04. The Balaban J connectivity index is 1.69. The van der Waals surface area contributed by atoms with Gasteiger partial charge in [0.1, 0.15) is 0 Å². The molecule has 2 heteroatoms. The molecular formula is C20H22N2. The summed E-state index contributed by atoms with van der Waals surface area (Å²) in [6.45, 7) is 0. The Labute approximate surface area is 131 Å². The van der Waals surface area contributed by atoms with Crippen molar-refractivity contribution in [3.05, 3.63) is 35.5 Å². The lowest BCUT2D eigenvalue weighted by Crippen LogP contribution is -2.03. The molecule has 2 aromatic rings. The molecule has 2 nitrogen and oxygen atoms in total. The highest BCUT2D eigenvalue weighted by molar-refractivity contribution is 5.94. The quantitative estimate of drug-likeness (QED) is 0.671. The first kappa shape index (κ1) is 12.8. The molecule has 3 aliphatic rings. The van der Waals surface area contributed by atoms with Gasteiger partial charge in [0.15, 0.2) is 0 Å². The van der Waals surface area contributed by atoms with Crippen LogP contribution in [0.3, 0.4) is 0 Å². The maximum Gasteiger partial charge on any atom is 0.0772 e. The van der Waals surface area contributed by atoms with Gasteiger partial charge in [-0.05, 0) is 50.0 Å². The van der Waals surface area contributed by atoms with Crippen LogP contribution in [0.4, 0.5) is 5.69 Å². The summed E-state index contributed by atoms with van der Waals surface area (Å²) in [5.74, 6) is 2.11. The number of benzene rings is 1. The zero-order valence-corrected chi connectivity index (χ0v) is 13.0. The highest BCUT2D eigenvalue weighted by Crippen LogP contribution is 2.56. The molecule has 5 rings (SSSR count). The molecule has 0 saturated heterocycles. The number of nitrogens with zero attached hydrogens (tertiary/aromatic N) is 2. The number of hydrogen-bond donors (Lipinski definition) is 0. The molecule has 22 heavy (non-hydrogen) atoms. The molecular weight excluding hydrogens is 268 g/mol. The molecule has 1 heterocycles. The van der Waals surface area contributed by atoms with Crippen LogP contribution >= 0.6 is 0 Å². The van der Waals surface area contributed by atoms with Crippen LogP contribution in [0.2, 0.25) is 0 Å². The molecule has 0 amide bonds. The smallest absolute Gasteiger partial charge is 0.0772 e. The molecule has 0 radical (unpaired) electrons. The minimum absolute atomic E-state index is 0.696. The van der Waals surface area contributed by atoms with E-state index in [9.17, 15) is 0 Å². The largest absolute Gasteiger partial charge is 0.260 e. The fourth-order valence-electron chi connectivity index (χ4n) is 4.86. The molecule has 0 spiro atoms. The third-order valence-electron chi connectivity index (χ3n) is 5.97. The zero-order chi connectivity index (χ0) is 14.5. The maximum absolute atomic E-state index is 5.04. The summed E-state index contributed by atoms with van der Waals surface area (Å²) in [4.78, 5) is 10.0. The second-order valence-electron chi connectivity index (χ2n) is 7.31. The van der Waals surface area contributed by atoms with Crippen molar-refractivity contribution >= 4 is 22.8 Å². The second-order valence-corrected chi connectivity index (χ2v) is 7.31. The van der Waals surface area contributed by atoms with Gasteiger partial charge in [0.25, 0.3) is 0 Å². The lowest BCUT2D eigenvalue weighted by Gasteiger charge is -2.18. The highest BCUT2D eigenvalue weighted by atomic mass is 14.8. The molecule has 0 aliphatic heterocycles. The van der Waals surface area contributed by atoms with Gasteiger partial charge in [0.2, 0.25) is 0 Å². The zero-order valence-electron chi connectivity index (χ0n) is 13.0. The first-order chi connectivity index (χ1) is 10.9. The van der Waals surface area contributed by atoms with Crippen LogP contribution in [0.15, 0.2) is 29.3 Å². The van der Waals surface area contributed by atoms with Crippen molar-refractivity contribution in [2.75, 3.05) is 0 Å². The standard InChI is InChI=1S/C20H22N2/c1-2-6-13(5-1)12-21-20-16-7-3-4-8-17(16)22-19-15-10-9-14(11-15)18(19)20/h3-4,7-8,12-15H,1-2,5-6,9-11H2. The Morgan fingerprint density at radius 3 is 2.73 bits per heavy atom. The van der Waals surface area contributed by atoms with Crippen molar-refractivity contribution in [2.24, 2.45) is 10.9 Å². The molecule has 0 N–H and O–H groups in total. The molecule has 2 atom stereocenters. The monoisotopic (exact) mass is 290 g/mol. The molecule has 3 aliphatic carbocycles. The third kappa shape index (κ3) is 1.86. The van der Waals surface area contributed by atoms with Crippen LogP contribution in [0, 0.1) is 5.92 Å². The number of rotatable bonds is 2. The number of para-hydroxylation sites is 1. The summed E-state index contributed by atoms with van der Waals surface area (Å²) in [5, 5.41) is 1.25. The van der Waals surface area contributed by atoms with Crippen molar-refractivity contribution < 1.29 is 0 Å². The number of fused-ring (bicyclic) bond motifs is 6. The van der Waals surface area contributed by atoms with E-state index in [1.165, 1.54) is 67.3 Å². The molecule has 112 valence electrons. The van der Waals surface area contributed by atoms with E-state index in [-0.39, 0.29) is 0 Å². The van der Waals surface area contributed by atoms with E-state index in [1.54, 1.807) is 0 Å². The predicted molar refractivity (Wildman–Crippen MR) is 91.2 cm³/mol. The van der Waals surface area contributed by atoms with Gasteiger partial charge >= 0.3 is 0 Å². The minimum Gasteiger partial charge on any atom is -0.260 e. The number of pyridine rings is 1. The molecule has 2 bridgehead atoms. The van der Waals surface area contributed by atoms with Gasteiger partial charge in [-0.2, -0.15) is 0 Å². The van der Waals surface area contributed by atoms with Gasteiger partial charge in [-0.1, -0.05) is 31.0 Å². The third-order valence-corrected chi connectivity index (χ3v) is 5.97. The van der Waals surface area contributed by atoms with Crippen LogP contribution in [-0.2, 0) is 0 Å². The first-order valence-electron chi connectivity index (χ1n) is 8.87. The minimum atomic E-state index is 0.696. The van der Waals surface area contributed by atoms with Crippen LogP contribution in [-0.4, -0.2) is 11.2 Å². The normalized spacial score (nSPS) is 27.3. The van der Waals surface area contributed by atoms with Crippen molar-refractivity contribution in [3.8, 4) is 0 Å². The van der Waals surface area contributed by atoms with Gasteiger partial charge in [-0.3, -0.25) is 9.98 Å². The van der Waals surface area contributed by atoms with Crippen molar-refractivity contribution in [1.29, 1.82) is 0 Å². The van der Waals surface area contributed by atoms with Crippen molar-refractivity contribution in [3.63, 3.8) is 0 Å². The lowest BCUT2D eigenvalue weighted by molar-refractivity contribution is 0.701. The topological polar surface area (TPSA) is 25.2 Å². The van der Waals surface area contributed by atoms with Gasteiger partial charge in [0, 0.05) is 28.8 Å². The van der Waals surface area contributed by atoms with E-state index in [0.29, 0.717) is 17.8 Å². The fraction of sp³-hybridized carbons (Fsp3) is 0.500. The molecule has 1 aromatic carbocycles. The first-order valence-corrected chi connectivity index (χ1v) is 8.87. The average molecular weight is 290 g/mol. The molecule has 2 saturated carbocycles. The van der Waals surface area contributed by atoms with Crippen LogP contribution in [0.5, 0.6) is 0 Å². The van der Waals surface area contributed by atoms with E-state index in [0.717, 1.165) is 5.52 Å². The Hall–Kier alpha value is -1.70. The van der Waals surface area contributed by atoms with Crippen LogP contribution < -0.4 is 0 Å². The van der Waals surface area contributed by atoms with E-state index >= 15 is 0 Å². The second kappa shape index (κ2) is 4.91. The Bertz CT molecular complexity index is 756. The number of hydrogen-bond acceptors (Lipinski definition) is 2. The Morgan fingerprint density at radius 1 is 1.00 bits per heavy atom. The van der Waals surface area contributed by atoms with Gasteiger partial charge < -0.3 is 0 Å². The van der Waals surface area contributed by atoms with E-state index in [4.69, 9.17) is 9.98 Å². The van der Waals surface area contributed by atoms with Gasteiger partial charge in [-0.25, -0.2) is 0 Å². The van der Waals surface area contributed by atoms with Gasteiger partial charge in [0.05, 0.1) is 11.2 Å². The van der Waals surface area contributed by atoms with Crippen molar-refractivity contribution in [1.82, 2.24) is 4.98 Å². The van der Waals surface area contributed by atoms with Crippen LogP contribution in [0.25, 0.3) is 10.9 Å². The average Bonchev–Trinajstić information content (AvgIpc) is 3.28. The summed E-state index contributed by atoms with van der Waals surface area (Å²) in [6, 6.07) is 8.57. The Kier molecular flexibility index (Phi) is 2.86.